The molecule has 4 bridgehead atoms. The van der Waals surface area contributed by atoms with Gasteiger partial charge < -0.3 is 19.8 Å². The quantitative estimate of drug-likeness (QED) is 0.835. The molecule has 1 saturated heterocycles. The topological polar surface area (TPSA) is 70.0 Å². The zero-order chi connectivity index (χ0) is 19.1. The highest BCUT2D eigenvalue weighted by molar-refractivity contribution is 5.96. The van der Waals surface area contributed by atoms with Crippen molar-refractivity contribution in [1.82, 2.24) is 4.90 Å². The highest BCUT2D eigenvalue weighted by atomic mass is 16.5. The van der Waals surface area contributed by atoms with Gasteiger partial charge >= 0.3 is 0 Å². The lowest BCUT2D eigenvalue weighted by Gasteiger charge is -2.62. The molecule has 1 aromatic rings. The van der Waals surface area contributed by atoms with Crippen LogP contribution in [0.25, 0.3) is 0 Å². The molecule has 3 aliphatic carbocycles. The fraction of sp³-hybridized carbons (Fsp3) is 0.591. The first-order chi connectivity index (χ1) is 12.9. The van der Waals surface area contributed by atoms with Gasteiger partial charge in [0.15, 0.2) is 17.3 Å². The summed E-state index contributed by atoms with van der Waals surface area (Å²) in [6, 6.07) is 4.14. The number of likely N-dealkylation sites (N-methyl/N-ethyl adjacent to an activating group) is 1. The van der Waals surface area contributed by atoms with Gasteiger partial charge in [-0.15, -0.1) is 0 Å². The molecule has 5 heteroatoms. The molecule has 144 valence electrons. The van der Waals surface area contributed by atoms with Crippen molar-refractivity contribution < 1.29 is 19.7 Å². The molecule has 1 heterocycles. The predicted molar refractivity (Wildman–Crippen MR) is 101 cm³/mol. The maximum atomic E-state index is 13.1. The maximum absolute atomic E-state index is 13.1. The molecular weight excluding hydrogens is 342 g/mol. The summed E-state index contributed by atoms with van der Waals surface area (Å²) in [5, 5.41) is 21.8. The van der Waals surface area contributed by atoms with Gasteiger partial charge in [0.05, 0.1) is 13.2 Å². The van der Waals surface area contributed by atoms with Crippen molar-refractivity contribution in [1.29, 1.82) is 0 Å². The Balaban J connectivity index is 1.87. The third-order valence-electron chi connectivity index (χ3n) is 8.13. The van der Waals surface area contributed by atoms with Crippen molar-refractivity contribution in [2.24, 2.45) is 17.3 Å². The van der Waals surface area contributed by atoms with Crippen molar-refractivity contribution in [2.45, 2.75) is 43.7 Å². The van der Waals surface area contributed by atoms with Crippen LogP contribution in [0.3, 0.4) is 0 Å². The maximum Gasteiger partial charge on any atom is 0.161 e. The number of aliphatic hydroxyl groups is 1. The number of ether oxygens (including phenoxy) is 1. The number of phenolic OH excluding ortho intramolecular Hbond substituents is 1. The molecule has 2 N–H and O–H groups in total. The van der Waals surface area contributed by atoms with Crippen LogP contribution in [0.15, 0.2) is 24.3 Å². The van der Waals surface area contributed by atoms with Crippen molar-refractivity contribution in [3.63, 3.8) is 0 Å². The van der Waals surface area contributed by atoms with E-state index in [2.05, 4.69) is 18.0 Å². The van der Waals surface area contributed by atoms with Crippen LogP contribution in [0.5, 0.6) is 11.5 Å². The highest BCUT2D eigenvalue weighted by Crippen LogP contribution is 2.72. The van der Waals surface area contributed by atoms with Crippen LogP contribution < -0.4 is 4.74 Å². The summed E-state index contributed by atoms with van der Waals surface area (Å²) in [5.74, 6) is 0.341. The number of hydrogen-bond acceptors (Lipinski definition) is 5. The molecule has 6 atom stereocenters. The molecule has 1 saturated carbocycles. The standard InChI is InChI=1S/C22H27NO4/c1-12(24)14-11-21-7-6-15(25)19(14)22(21)8-9-23(2)17(21)10-13-4-5-16(27-3)20(26)18(13)22/h4-7,12,14,17,19,24,26H,8-11H2,1-3H3. The summed E-state index contributed by atoms with van der Waals surface area (Å²) >= 11 is 0. The smallest absolute Gasteiger partial charge is 0.161 e. The Morgan fingerprint density at radius 3 is 2.85 bits per heavy atom. The summed E-state index contributed by atoms with van der Waals surface area (Å²) in [6.07, 6.45) is 5.73. The summed E-state index contributed by atoms with van der Waals surface area (Å²) in [6.45, 7) is 2.69. The summed E-state index contributed by atoms with van der Waals surface area (Å²) in [5.41, 5.74) is 1.30. The third kappa shape index (κ3) is 1.80. The van der Waals surface area contributed by atoms with E-state index in [4.69, 9.17) is 4.74 Å². The predicted octanol–water partition coefficient (Wildman–Crippen LogP) is 2.04. The van der Waals surface area contributed by atoms with E-state index in [1.165, 1.54) is 0 Å². The molecule has 4 aliphatic rings. The minimum atomic E-state index is -0.557. The Labute approximate surface area is 159 Å². The normalized spacial score (nSPS) is 40.4. The van der Waals surface area contributed by atoms with Crippen LogP contribution in [-0.2, 0) is 16.6 Å². The molecular formula is C22H27NO4. The van der Waals surface area contributed by atoms with Crippen LogP contribution in [0.4, 0.5) is 0 Å². The lowest BCUT2D eigenvalue weighted by Crippen LogP contribution is -2.66. The van der Waals surface area contributed by atoms with Gasteiger partial charge in [0.2, 0.25) is 0 Å². The van der Waals surface area contributed by atoms with Gasteiger partial charge in [-0.3, -0.25) is 4.79 Å². The SMILES string of the molecule is COc1ccc2c(c1O)C13CCN(C)C(C2)C12C=CC(=O)C3C(C(C)O)C2. The van der Waals surface area contributed by atoms with E-state index in [1.807, 2.05) is 12.1 Å². The zero-order valence-electron chi connectivity index (χ0n) is 16.1. The van der Waals surface area contributed by atoms with E-state index in [-0.39, 0.29) is 34.8 Å². The van der Waals surface area contributed by atoms with E-state index in [0.717, 1.165) is 36.9 Å². The Kier molecular flexibility index (Phi) is 3.43. The van der Waals surface area contributed by atoms with Gasteiger partial charge in [0, 0.05) is 28.4 Å². The number of benzene rings is 1. The number of phenols is 1. The monoisotopic (exact) mass is 369 g/mol. The van der Waals surface area contributed by atoms with Crippen LogP contribution in [0.2, 0.25) is 0 Å². The van der Waals surface area contributed by atoms with Crippen LogP contribution in [0, 0.1) is 17.3 Å². The van der Waals surface area contributed by atoms with Crippen LogP contribution in [0.1, 0.15) is 30.9 Å². The highest BCUT2D eigenvalue weighted by Gasteiger charge is 2.73. The van der Waals surface area contributed by atoms with Gasteiger partial charge in [-0.1, -0.05) is 12.1 Å². The fourth-order valence-corrected chi connectivity index (χ4v) is 7.14. The number of aliphatic hydroxyl groups excluding tert-OH is 1. The average Bonchev–Trinajstić information content (AvgIpc) is 2.87. The van der Waals surface area contributed by atoms with Crippen molar-refractivity contribution >= 4 is 5.78 Å². The molecule has 0 spiro atoms. The van der Waals surface area contributed by atoms with Crippen molar-refractivity contribution in [3.05, 3.63) is 35.4 Å². The minimum Gasteiger partial charge on any atom is -0.504 e. The summed E-state index contributed by atoms with van der Waals surface area (Å²) in [4.78, 5) is 15.6. The Bertz CT molecular complexity index is 862. The molecule has 0 radical (unpaired) electrons. The van der Waals surface area contributed by atoms with E-state index in [9.17, 15) is 15.0 Å². The lowest BCUT2D eigenvalue weighted by atomic mass is 9.46. The number of likely N-dealkylation sites (tertiary alicyclic amines) is 1. The zero-order valence-corrected chi connectivity index (χ0v) is 16.1. The number of ketones is 1. The fourth-order valence-electron chi connectivity index (χ4n) is 7.14. The van der Waals surface area contributed by atoms with Gasteiger partial charge in [-0.2, -0.15) is 0 Å². The largest absolute Gasteiger partial charge is 0.504 e. The first kappa shape index (κ1) is 17.3. The second kappa shape index (κ2) is 5.36. The molecule has 1 aromatic carbocycles. The van der Waals surface area contributed by atoms with Crippen molar-refractivity contribution in [3.8, 4) is 11.5 Å². The first-order valence-electron chi connectivity index (χ1n) is 9.88. The number of carbonyl (C=O) groups is 1. The van der Waals surface area contributed by atoms with Gasteiger partial charge in [0.25, 0.3) is 0 Å². The second-order valence-electron chi connectivity index (χ2n) is 8.93. The molecule has 1 aliphatic heterocycles. The van der Waals surface area contributed by atoms with Crippen molar-refractivity contribution in [2.75, 3.05) is 20.7 Å². The Morgan fingerprint density at radius 1 is 1.37 bits per heavy atom. The average molecular weight is 369 g/mol. The van der Waals surface area contributed by atoms with Crippen LogP contribution >= 0.6 is 0 Å². The van der Waals surface area contributed by atoms with Gasteiger partial charge in [-0.25, -0.2) is 0 Å². The lowest BCUT2D eigenvalue weighted by molar-refractivity contribution is -0.127. The molecule has 6 unspecified atom stereocenters. The first-order valence-corrected chi connectivity index (χ1v) is 9.88. The molecule has 0 amide bonds. The van der Waals surface area contributed by atoms with E-state index in [0.29, 0.717) is 5.75 Å². The third-order valence-corrected chi connectivity index (χ3v) is 8.13. The Morgan fingerprint density at radius 2 is 2.15 bits per heavy atom. The second-order valence-corrected chi connectivity index (χ2v) is 8.93. The Hall–Kier alpha value is -1.85. The molecule has 5 nitrogen and oxygen atoms in total. The molecule has 0 aromatic heterocycles. The molecule has 5 rings (SSSR count). The number of hydrogen-bond donors (Lipinski definition) is 2. The summed E-state index contributed by atoms with van der Waals surface area (Å²) < 4.78 is 5.42. The number of rotatable bonds is 2. The molecule has 2 fully saturated rings. The van der Waals surface area contributed by atoms with Gasteiger partial charge in [-0.05, 0) is 63.4 Å². The number of aromatic hydroxyl groups is 1. The number of carbonyl (C=O) groups excluding carboxylic acids is 1. The molecule has 27 heavy (non-hydrogen) atoms. The number of fused-ring (bicyclic) bond motifs is 1. The number of allylic oxidation sites excluding steroid dienone is 1. The van der Waals surface area contributed by atoms with Gasteiger partial charge in [0.1, 0.15) is 0 Å². The number of methoxy groups -OCH3 is 1. The number of piperidine rings is 1. The minimum absolute atomic E-state index is 0.0902. The van der Waals surface area contributed by atoms with Crippen LogP contribution in [-0.4, -0.2) is 53.7 Å². The van der Waals surface area contributed by atoms with E-state index in [1.54, 1.807) is 20.1 Å². The summed E-state index contributed by atoms with van der Waals surface area (Å²) in [7, 11) is 3.72. The van der Waals surface area contributed by atoms with E-state index >= 15 is 0 Å². The van der Waals surface area contributed by atoms with E-state index < -0.39 is 11.5 Å². The number of nitrogens with zero attached hydrogens (tertiary/aromatic N) is 1.